The van der Waals surface area contributed by atoms with Gasteiger partial charge in [-0.25, -0.2) is 0 Å². The Bertz CT molecular complexity index is 399. The quantitative estimate of drug-likeness (QED) is 0.789. The van der Waals surface area contributed by atoms with Crippen LogP contribution in [0.15, 0.2) is 22.7 Å². The van der Waals surface area contributed by atoms with Crippen molar-refractivity contribution < 1.29 is 4.79 Å². The topological polar surface area (TPSA) is 20.3 Å². The molecule has 0 aromatic heterocycles. The van der Waals surface area contributed by atoms with Crippen molar-refractivity contribution in [2.75, 3.05) is 18.0 Å². The fourth-order valence-corrected chi connectivity index (χ4v) is 3.26. The average Bonchev–Trinajstić information content (AvgIpc) is 2.82. The summed E-state index contributed by atoms with van der Waals surface area (Å²) in [6, 6.07) is 6.32. The molecule has 1 aromatic rings. The van der Waals surface area contributed by atoms with Crippen LogP contribution in [-0.4, -0.2) is 19.4 Å². The van der Waals surface area contributed by atoms with Crippen molar-refractivity contribution in [1.29, 1.82) is 0 Å². The maximum absolute atomic E-state index is 10.7. The summed E-state index contributed by atoms with van der Waals surface area (Å²) in [5.74, 6) is 0.277. The molecular weight excluding hydrogens is 278 g/mol. The van der Waals surface area contributed by atoms with Gasteiger partial charge in [0.15, 0.2) is 0 Å². The Morgan fingerprint density at radius 1 is 1.41 bits per heavy atom. The first-order chi connectivity index (χ1) is 8.24. The number of rotatable bonds is 4. The zero-order valence-corrected chi connectivity index (χ0v) is 11.7. The van der Waals surface area contributed by atoms with Crippen LogP contribution >= 0.6 is 15.9 Å². The van der Waals surface area contributed by atoms with Gasteiger partial charge in [0, 0.05) is 29.7 Å². The van der Waals surface area contributed by atoms with Gasteiger partial charge in [-0.15, -0.1) is 0 Å². The summed E-state index contributed by atoms with van der Waals surface area (Å²) >= 11 is 3.62. The third-order valence-electron chi connectivity index (χ3n) is 3.42. The molecule has 1 atom stereocenters. The molecule has 1 aromatic carbocycles. The van der Waals surface area contributed by atoms with Crippen LogP contribution in [0.5, 0.6) is 0 Å². The molecule has 1 heterocycles. The lowest BCUT2D eigenvalue weighted by molar-refractivity contribution is -0.108. The predicted molar refractivity (Wildman–Crippen MR) is 74.7 cm³/mol. The second kappa shape index (κ2) is 5.67. The van der Waals surface area contributed by atoms with Crippen molar-refractivity contribution >= 4 is 27.9 Å². The molecule has 0 saturated carbocycles. The van der Waals surface area contributed by atoms with E-state index >= 15 is 0 Å². The highest BCUT2D eigenvalue weighted by Crippen LogP contribution is 2.36. The van der Waals surface area contributed by atoms with Crippen LogP contribution in [-0.2, 0) is 4.79 Å². The highest BCUT2D eigenvalue weighted by Gasteiger charge is 2.20. The van der Waals surface area contributed by atoms with E-state index in [9.17, 15) is 4.79 Å². The fraction of sp³-hybridized carbons (Fsp3) is 0.500. The molecule has 1 saturated heterocycles. The van der Waals surface area contributed by atoms with Crippen molar-refractivity contribution in [3.63, 3.8) is 0 Å². The number of hydrogen-bond acceptors (Lipinski definition) is 2. The Balaban J connectivity index is 2.36. The average molecular weight is 296 g/mol. The highest BCUT2D eigenvalue weighted by atomic mass is 79.9. The van der Waals surface area contributed by atoms with Crippen LogP contribution in [0, 0.1) is 0 Å². The Hall–Kier alpha value is -0.830. The third kappa shape index (κ3) is 2.71. The minimum absolute atomic E-state index is 0.277. The number of carbonyl (C=O) groups is 1. The smallest absolute Gasteiger partial charge is 0.120 e. The summed E-state index contributed by atoms with van der Waals surface area (Å²) in [5.41, 5.74) is 2.58. The summed E-state index contributed by atoms with van der Waals surface area (Å²) in [4.78, 5) is 13.1. The van der Waals surface area contributed by atoms with Gasteiger partial charge >= 0.3 is 0 Å². The molecule has 1 aliphatic heterocycles. The lowest BCUT2D eigenvalue weighted by Gasteiger charge is -2.25. The second-order valence-electron chi connectivity index (χ2n) is 4.67. The van der Waals surface area contributed by atoms with E-state index in [2.05, 4.69) is 46.0 Å². The van der Waals surface area contributed by atoms with Crippen molar-refractivity contribution in [3.05, 3.63) is 28.2 Å². The molecule has 2 nitrogen and oxygen atoms in total. The molecule has 1 unspecified atom stereocenters. The molecule has 0 spiro atoms. The van der Waals surface area contributed by atoms with E-state index in [1.54, 1.807) is 0 Å². The fourth-order valence-electron chi connectivity index (χ4n) is 2.51. The summed E-state index contributed by atoms with van der Waals surface area (Å²) in [5, 5.41) is 0. The summed E-state index contributed by atoms with van der Waals surface area (Å²) in [6.45, 7) is 4.39. The number of nitrogens with zero attached hydrogens (tertiary/aromatic N) is 1. The molecule has 0 N–H and O–H groups in total. The lowest BCUT2D eigenvalue weighted by Crippen LogP contribution is -2.20. The second-order valence-corrected chi connectivity index (χ2v) is 5.52. The van der Waals surface area contributed by atoms with Gasteiger partial charge in [-0.05, 0) is 36.5 Å². The van der Waals surface area contributed by atoms with Gasteiger partial charge in [0.25, 0.3) is 0 Å². The maximum atomic E-state index is 10.7. The molecule has 2 rings (SSSR count). The Morgan fingerprint density at radius 2 is 2.12 bits per heavy atom. The van der Waals surface area contributed by atoms with Crippen LogP contribution in [0.25, 0.3) is 0 Å². The zero-order chi connectivity index (χ0) is 12.3. The highest BCUT2D eigenvalue weighted by molar-refractivity contribution is 9.10. The number of benzene rings is 1. The number of anilines is 1. The van der Waals surface area contributed by atoms with Gasteiger partial charge in [-0.3, -0.25) is 0 Å². The number of hydrogen-bond donors (Lipinski definition) is 0. The standard InChI is InChI=1S/C14H18BrNO/c1-11(7-10-17)14-12(15)5-4-6-13(14)16-8-2-3-9-16/h4-6,10-11H,2-3,7-9H2,1H3. The lowest BCUT2D eigenvalue weighted by atomic mass is 9.96. The van der Waals surface area contributed by atoms with Gasteiger partial charge in [-0.1, -0.05) is 28.9 Å². The van der Waals surface area contributed by atoms with Gasteiger partial charge in [0.1, 0.15) is 6.29 Å². The van der Waals surface area contributed by atoms with Gasteiger partial charge < -0.3 is 9.69 Å². The first-order valence-electron chi connectivity index (χ1n) is 6.21. The Labute approximate surface area is 111 Å². The predicted octanol–water partition coefficient (Wildman–Crippen LogP) is 3.74. The van der Waals surface area contributed by atoms with Crippen LogP contribution in [0.1, 0.15) is 37.7 Å². The Morgan fingerprint density at radius 3 is 2.76 bits per heavy atom. The van der Waals surface area contributed by atoms with E-state index in [0.717, 1.165) is 23.8 Å². The SMILES string of the molecule is CC(CC=O)c1c(Br)cccc1N1CCCC1. The first-order valence-corrected chi connectivity index (χ1v) is 7.00. The van der Waals surface area contributed by atoms with Crippen molar-refractivity contribution in [3.8, 4) is 0 Å². The van der Waals surface area contributed by atoms with Crippen LogP contribution in [0.2, 0.25) is 0 Å². The number of aldehydes is 1. The van der Waals surface area contributed by atoms with E-state index in [1.807, 2.05) is 0 Å². The molecule has 0 aliphatic carbocycles. The zero-order valence-electron chi connectivity index (χ0n) is 10.2. The summed E-state index contributed by atoms with van der Waals surface area (Å²) in [7, 11) is 0. The molecular formula is C14H18BrNO. The molecule has 17 heavy (non-hydrogen) atoms. The molecule has 92 valence electrons. The molecule has 0 bridgehead atoms. The van der Waals surface area contributed by atoms with E-state index < -0.39 is 0 Å². The monoisotopic (exact) mass is 295 g/mol. The van der Waals surface area contributed by atoms with Crippen LogP contribution in [0.4, 0.5) is 5.69 Å². The molecule has 1 aliphatic rings. The third-order valence-corrected chi connectivity index (χ3v) is 4.11. The number of halogens is 1. The maximum Gasteiger partial charge on any atom is 0.120 e. The molecule has 1 fully saturated rings. The first kappa shape index (κ1) is 12.6. The van der Waals surface area contributed by atoms with Gasteiger partial charge in [-0.2, -0.15) is 0 Å². The van der Waals surface area contributed by atoms with Crippen LogP contribution in [0.3, 0.4) is 0 Å². The van der Waals surface area contributed by atoms with E-state index in [1.165, 1.54) is 24.1 Å². The number of carbonyl (C=O) groups excluding carboxylic acids is 1. The minimum Gasteiger partial charge on any atom is -0.371 e. The molecule has 3 heteroatoms. The normalized spacial score (nSPS) is 17.2. The van der Waals surface area contributed by atoms with Crippen molar-refractivity contribution in [2.45, 2.75) is 32.1 Å². The van der Waals surface area contributed by atoms with E-state index in [4.69, 9.17) is 0 Å². The van der Waals surface area contributed by atoms with Gasteiger partial charge in [0.2, 0.25) is 0 Å². The van der Waals surface area contributed by atoms with E-state index in [-0.39, 0.29) is 5.92 Å². The molecule has 0 amide bonds. The summed E-state index contributed by atoms with van der Waals surface area (Å²) in [6.07, 6.45) is 4.14. The largest absolute Gasteiger partial charge is 0.371 e. The van der Waals surface area contributed by atoms with Crippen molar-refractivity contribution in [1.82, 2.24) is 0 Å². The summed E-state index contributed by atoms with van der Waals surface area (Å²) < 4.78 is 1.12. The van der Waals surface area contributed by atoms with Gasteiger partial charge in [0.05, 0.1) is 0 Å². The van der Waals surface area contributed by atoms with Crippen LogP contribution < -0.4 is 4.90 Å². The Kier molecular flexibility index (Phi) is 4.21. The minimum atomic E-state index is 0.277. The molecule has 0 radical (unpaired) electrons. The van der Waals surface area contributed by atoms with E-state index in [0.29, 0.717) is 6.42 Å². The van der Waals surface area contributed by atoms with Crippen molar-refractivity contribution in [2.24, 2.45) is 0 Å².